The van der Waals surface area contributed by atoms with Gasteiger partial charge in [-0.15, -0.1) is 0 Å². The molecule has 2 amide bonds. The molecule has 0 radical (unpaired) electrons. The molecule has 0 aliphatic heterocycles. The van der Waals surface area contributed by atoms with Crippen molar-refractivity contribution in [2.24, 2.45) is 0 Å². The number of carbonyl (C=O) groups is 2. The summed E-state index contributed by atoms with van der Waals surface area (Å²) in [7, 11) is 0. The maximum Gasteiger partial charge on any atom is 0.262 e. The Bertz CT molecular complexity index is 927. The molecule has 0 saturated carbocycles. The zero-order valence-corrected chi connectivity index (χ0v) is 15.7. The molecule has 28 heavy (non-hydrogen) atoms. The van der Waals surface area contributed by atoms with Crippen LogP contribution in [0.3, 0.4) is 0 Å². The molecule has 5 nitrogen and oxygen atoms in total. The van der Waals surface area contributed by atoms with E-state index < -0.39 is 0 Å². The van der Waals surface area contributed by atoms with Crippen molar-refractivity contribution >= 4 is 23.2 Å². The van der Waals surface area contributed by atoms with E-state index in [4.69, 9.17) is 4.74 Å². The van der Waals surface area contributed by atoms with E-state index in [1.54, 1.807) is 41.3 Å². The van der Waals surface area contributed by atoms with Gasteiger partial charge in [-0.25, -0.2) is 0 Å². The number of nitrogens with zero attached hydrogens (tertiary/aromatic N) is 1. The maximum absolute atomic E-state index is 12.9. The lowest BCUT2D eigenvalue weighted by Gasteiger charge is -2.21. The molecule has 0 saturated heterocycles. The van der Waals surface area contributed by atoms with Gasteiger partial charge in [0.1, 0.15) is 5.75 Å². The normalized spacial score (nSPS) is 10.2. The van der Waals surface area contributed by atoms with Gasteiger partial charge in [0.05, 0.1) is 0 Å². The minimum Gasteiger partial charge on any atom is -0.484 e. The van der Waals surface area contributed by atoms with Gasteiger partial charge in [0.25, 0.3) is 11.8 Å². The molecule has 142 valence electrons. The molecule has 3 aromatic carbocycles. The summed E-state index contributed by atoms with van der Waals surface area (Å²) in [4.78, 5) is 26.8. The van der Waals surface area contributed by atoms with Gasteiger partial charge >= 0.3 is 0 Å². The van der Waals surface area contributed by atoms with Crippen molar-refractivity contribution < 1.29 is 14.3 Å². The maximum atomic E-state index is 12.9. The van der Waals surface area contributed by atoms with Gasteiger partial charge in [0.2, 0.25) is 0 Å². The third kappa shape index (κ3) is 4.98. The standard InChI is InChI=1S/C23H22N2O3/c1-2-25(20-12-5-3-6-13-20)23(27)18-10-9-11-19(16-18)24-22(26)17-28-21-14-7-4-8-15-21/h3-16H,2,17H2,1H3,(H,24,26). The number of benzene rings is 3. The first-order valence-electron chi connectivity index (χ1n) is 9.12. The van der Waals surface area contributed by atoms with Crippen LogP contribution in [0.2, 0.25) is 0 Å². The number of para-hydroxylation sites is 2. The minimum absolute atomic E-state index is 0.104. The minimum atomic E-state index is -0.288. The molecule has 0 atom stereocenters. The van der Waals surface area contributed by atoms with E-state index in [1.807, 2.05) is 55.5 Å². The Balaban J connectivity index is 1.66. The van der Waals surface area contributed by atoms with Crippen molar-refractivity contribution in [3.05, 3.63) is 90.5 Å². The second-order valence-corrected chi connectivity index (χ2v) is 6.12. The predicted octanol–water partition coefficient (Wildman–Crippen LogP) is 4.37. The Kier molecular flexibility index (Phi) is 6.41. The lowest BCUT2D eigenvalue weighted by Crippen LogP contribution is -2.30. The molecule has 0 aliphatic carbocycles. The van der Waals surface area contributed by atoms with Crippen LogP contribution in [0.4, 0.5) is 11.4 Å². The van der Waals surface area contributed by atoms with Crippen LogP contribution in [0, 0.1) is 0 Å². The first kappa shape index (κ1) is 19.2. The molecule has 0 spiro atoms. The molecule has 5 heteroatoms. The number of ether oxygens (including phenoxy) is 1. The third-order valence-electron chi connectivity index (χ3n) is 4.14. The van der Waals surface area contributed by atoms with Gasteiger partial charge in [-0.1, -0.05) is 42.5 Å². The highest BCUT2D eigenvalue weighted by Gasteiger charge is 2.16. The zero-order chi connectivity index (χ0) is 19.8. The first-order chi connectivity index (χ1) is 13.7. The summed E-state index contributed by atoms with van der Waals surface area (Å²) in [6.45, 7) is 2.37. The molecule has 1 N–H and O–H groups in total. The first-order valence-corrected chi connectivity index (χ1v) is 9.12. The van der Waals surface area contributed by atoms with Crippen molar-refractivity contribution in [3.8, 4) is 5.75 Å². The van der Waals surface area contributed by atoms with Crippen LogP contribution >= 0.6 is 0 Å². The van der Waals surface area contributed by atoms with Crippen LogP contribution in [0.25, 0.3) is 0 Å². The number of hydrogen-bond acceptors (Lipinski definition) is 3. The van der Waals surface area contributed by atoms with Gasteiger partial charge in [0.15, 0.2) is 6.61 Å². The molecule has 0 fully saturated rings. The van der Waals surface area contributed by atoms with Crippen LogP contribution in [0.15, 0.2) is 84.9 Å². The van der Waals surface area contributed by atoms with E-state index in [-0.39, 0.29) is 18.4 Å². The molecular formula is C23H22N2O3. The lowest BCUT2D eigenvalue weighted by atomic mass is 10.1. The van der Waals surface area contributed by atoms with Crippen LogP contribution in [-0.2, 0) is 4.79 Å². The number of rotatable bonds is 7. The highest BCUT2D eigenvalue weighted by Crippen LogP contribution is 2.19. The smallest absolute Gasteiger partial charge is 0.262 e. The van der Waals surface area contributed by atoms with Gasteiger partial charge in [-0.05, 0) is 49.4 Å². The largest absolute Gasteiger partial charge is 0.484 e. The van der Waals surface area contributed by atoms with E-state index in [9.17, 15) is 9.59 Å². The summed E-state index contributed by atoms with van der Waals surface area (Å²) in [6, 6.07) is 25.5. The topological polar surface area (TPSA) is 58.6 Å². The van der Waals surface area contributed by atoms with Crippen LogP contribution in [-0.4, -0.2) is 25.0 Å². The fourth-order valence-electron chi connectivity index (χ4n) is 2.80. The van der Waals surface area contributed by atoms with Gasteiger partial charge in [0, 0.05) is 23.5 Å². The lowest BCUT2D eigenvalue weighted by molar-refractivity contribution is -0.118. The third-order valence-corrected chi connectivity index (χ3v) is 4.14. The number of amides is 2. The van der Waals surface area contributed by atoms with E-state index in [2.05, 4.69) is 5.32 Å². The van der Waals surface area contributed by atoms with Gasteiger partial charge < -0.3 is 15.0 Å². The number of carbonyl (C=O) groups excluding carboxylic acids is 2. The molecule has 3 aromatic rings. The van der Waals surface area contributed by atoms with E-state index in [0.29, 0.717) is 23.5 Å². The summed E-state index contributed by atoms with van der Waals surface area (Å²) >= 11 is 0. The Morgan fingerprint density at radius 2 is 1.57 bits per heavy atom. The summed E-state index contributed by atoms with van der Waals surface area (Å²) in [5.74, 6) is 0.220. The van der Waals surface area contributed by atoms with Crippen LogP contribution in [0.1, 0.15) is 17.3 Å². The second kappa shape index (κ2) is 9.37. The fourth-order valence-corrected chi connectivity index (χ4v) is 2.80. The second-order valence-electron chi connectivity index (χ2n) is 6.12. The zero-order valence-electron chi connectivity index (χ0n) is 15.7. The van der Waals surface area contributed by atoms with Crippen LogP contribution in [0.5, 0.6) is 5.75 Å². The number of hydrogen-bond donors (Lipinski definition) is 1. The number of anilines is 2. The molecule has 0 unspecified atom stereocenters. The van der Waals surface area contributed by atoms with Gasteiger partial charge in [-0.2, -0.15) is 0 Å². The molecule has 0 heterocycles. The molecular weight excluding hydrogens is 352 g/mol. The van der Waals surface area contributed by atoms with E-state index in [1.165, 1.54) is 0 Å². The highest BCUT2D eigenvalue weighted by molar-refractivity contribution is 6.07. The molecule has 0 aliphatic rings. The summed E-state index contributed by atoms with van der Waals surface area (Å²) in [5.41, 5.74) is 1.89. The summed E-state index contributed by atoms with van der Waals surface area (Å²) in [5, 5.41) is 2.77. The predicted molar refractivity (Wildman–Crippen MR) is 111 cm³/mol. The quantitative estimate of drug-likeness (QED) is 0.668. The summed E-state index contributed by atoms with van der Waals surface area (Å²) in [6.07, 6.45) is 0. The van der Waals surface area contributed by atoms with Gasteiger partial charge in [-0.3, -0.25) is 9.59 Å². The Labute approximate surface area is 164 Å². The Morgan fingerprint density at radius 1 is 0.893 bits per heavy atom. The fraction of sp³-hybridized carbons (Fsp3) is 0.130. The van der Waals surface area contributed by atoms with Crippen molar-refractivity contribution in [2.75, 3.05) is 23.4 Å². The van der Waals surface area contributed by atoms with E-state index >= 15 is 0 Å². The van der Waals surface area contributed by atoms with Crippen LogP contribution < -0.4 is 15.0 Å². The molecule has 3 rings (SSSR count). The van der Waals surface area contributed by atoms with Crippen molar-refractivity contribution in [1.82, 2.24) is 0 Å². The highest BCUT2D eigenvalue weighted by atomic mass is 16.5. The van der Waals surface area contributed by atoms with Crippen molar-refractivity contribution in [1.29, 1.82) is 0 Å². The molecule has 0 bridgehead atoms. The average molecular weight is 374 g/mol. The Morgan fingerprint density at radius 3 is 2.25 bits per heavy atom. The average Bonchev–Trinajstić information content (AvgIpc) is 2.74. The monoisotopic (exact) mass is 374 g/mol. The van der Waals surface area contributed by atoms with Crippen molar-refractivity contribution in [2.45, 2.75) is 6.92 Å². The summed E-state index contributed by atoms with van der Waals surface area (Å²) < 4.78 is 5.44. The Hall–Kier alpha value is -3.60. The van der Waals surface area contributed by atoms with E-state index in [0.717, 1.165) is 5.69 Å². The SMILES string of the molecule is CCN(C(=O)c1cccc(NC(=O)COc2ccccc2)c1)c1ccccc1. The van der Waals surface area contributed by atoms with Crippen molar-refractivity contribution in [3.63, 3.8) is 0 Å². The number of nitrogens with one attached hydrogen (secondary N) is 1. The molecule has 0 aromatic heterocycles.